The third kappa shape index (κ3) is 4.63. The number of hydrogen-bond acceptors (Lipinski definition) is 2. The van der Waals surface area contributed by atoms with E-state index in [9.17, 15) is 9.18 Å². The Labute approximate surface area is 191 Å². The van der Waals surface area contributed by atoms with Crippen molar-refractivity contribution in [2.45, 2.75) is 26.8 Å². The topological polar surface area (TPSA) is 43.3 Å². The Morgan fingerprint density at radius 1 is 1.03 bits per heavy atom. The van der Waals surface area contributed by atoms with Crippen molar-refractivity contribution in [2.24, 2.45) is 0 Å². The van der Waals surface area contributed by atoms with Gasteiger partial charge in [0.05, 0.1) is 0 Å². The van der Waals surface area contributed by atoms with E-state index in [1.807, 2.05) is 18.2 Å². The number of alkyl halides is 1. The van der Waals surface area contributed by atoms with Crippen LogP contribution in [0.5, 0.6) is 11.5 Å². The maximum Gasteiger partial charge on any atom is 0.255 e. The number of halogens is 2. The van der Waals surface area contributed by atoms with Gasteiger partial charge in [-0.15, -0.1) is 11.6 Å². The standard InChI is InChI=1S/C26H24ClFN2O2/c1-17-18(2)30(14-4-13-27)25-12-11-23(16-24(17)25)32-22-6-3-5-19(15-22)26(31)29-21-9-7-20(28)8-10-21/h3,5-12,15-16H,4,13-14H2,1-2H3,(H,29,31). The molecular weight excluding hydrogens is 427 g/mol. The van der Waals surface area contributed by atoms with Crippen molar-refractivity contribution in [1.82, 2.24) is 4.57 Å². The summed E-state index contributed by atoms with van der Waals surface area (Å²) >= 11 is 5.89. The number of carbonyl (C=O) groups excluding carboxylic acids is 1. The third-order valence-electron chi connectivity index (χ3n) is 5.56. The zero-order valence-electron chi connectivity index (χ0n) is 18.0. The SMILES string of the molecule is Cc1c(C)n(CCCCl)c2ccc(Oc3cccc(C(=O)Nc4ccc(F)cc4)c3)cc12. The van der Waals surface area contributed by atoms with Crippen LogP contribution in [0.25, 0.3) is 10.9 Å². The summed E-state index contributed by atoms with van der Waals surface area (Å²) in [5.74, 6) is 1.25. The van der Waals surface area contributed by atoms with Crippen LogP contribution in [0.2, 0.25) is 0 Å². The first-order valence-electron chi connectivity index (χ1n) is 10.5. The number of hydrogen-bond donors (Lipinski definition) is 1. The molecule has 1 amide bonds. The van der Waals surface area contributed by atoms with Crippen molar-refractivity contribution in [1.29, 1.82) is 0 Å². The van der Waals surface area contributed by atoms with E-state index in [1.54, 1.807) is 18.2 Å². The number of ether oxygens (including phenoxy) is 1. The Kier molecular flexibility index (Phi) is 6.47. The highest BCUT2D eigenvalue weighted by molar-refractivity contribution is 6.17. The van der Waals surface area contributed by atoms with Gasteiger partial charge in [-0.3, -0.25) is 4.79 Å². The smallest absolute Gasteiger partial charge is 0.255 e. The van der Waals surface area contributed by atoms with Gasteiger partial charge in [0.2, 0.25) is 0 Å². The van der Waals surface area contributed by atoms with Crippen LogP contribution in [-0.2, 0) is 6.54 Å². The molecule has 32 heavy (non-hydrogen) atoms. The number of aromatic nitrogens is 1. The number of aryl methyl sites for hydroxylation is 2. The predicted molar refractivity (Wildman–Crippen MR) is 128 cm³/mol. The summed E-state index contributed by atoms with van der Waals surface area (Å²) in [5.41, 5.74) is 4.57. The number of carbonyl (C=O) groups is 1. The molecule has 4 rings (SSSR count). The fourth-order valence-electron chi connectivity index (χ4n) is 3.77. The van der Waals surface area contributed by atoms with E-state index in [4.69, 9.17) is 16.3 Å². The van der Waals surface area contributed by atoms with Gasteiger partial charge in [-0.2, -0.15) is 0 Å². The summed E-state index contributed by atoms with van der Waals surface area (Å²) in [6.45, 7) is 5.11. The van der Waals surface area contributed by atoms with E-state index in [-0.39, 0.29) is 11.7 Å². The van der Waals surface area contributed by atoms with E-state index >= 15 is 0 Å². The van der Waals surface area contributed by atoms with E-state index in [0.717, 1.165) is 23.9 Å². The zero-order chi connectivity index (χ0) is 22.7. The lowest BCUT2D eigenvalue weighted by molar-refractivity contribution is 0.102. The van der Waals surface area contributed by atoms with Crippen molar-refractivity contribution >= 4 is 34.1 Å². The number of nitrogens with one attached hydrogen (secondary N) is 1. The van der Waals surface area contributed by atoms with Crippen molar-refractivity contribution < 1.29 is 13.9 Å². The molecule has 0 unspecified atom stereocenters. The largest absolute Gasteiger partial charge is 0.457 e. The first-order valence-corrected chi connectivity index (χ1v) is 11.0. The molecule has 1 heterocycles. The minimum atomic E-state index is -0.352. The van der Waals surface area contributed by atoms with Gasteiger partial charge in [0.25, 0.3) is 5.91 Å². The highest BCUT2D eigenvalue weighted by Crippen LogP contribution is 2.31. The number of rotatable bonds is 7. The molecule has 0 aliphatic heterocycles. The Balaban J connectivity index is 1.54. The summed E-state index contributed by atoms with van der Waals surface area (Å²) in [6, 6.07) is 18.6. The second kappa shape index (κ2) is 9.45. The predicted octanol–water partition coefficient (Wildman–Crippen LogP) is 7.07. The highest BCUT2D eigenvalue weighted by atomic mass is 35.5. The minimum Gasteiger partial charge on any atom is -0.457 e. The lowest BCUT2D eigenvalue weighted by Gasteiger charge is -2.10. The summed E-state index contributed by atoms with van der Waals surface area (Å²) < 4.78 is 21.4. The number of benzene rings is 3. The third-order valence-corrected chi connectivity index (χ3v) is 5.83. The fourth-order valence-corrected chi connectivity index (χ4v) is 3.89. The Morgan fingerprint density at radius 2 is 1.78 bits per heavy atom. The maximum atomic E-state index is 13.1. The van der Waals surface area contributed by atoms with Crippen molar-refractivity contribution in [2.75, 3.05) is 11.2 Å². The Hall–Kier alpha value is -3.31. The number of nitrogens with zero attached hydrogens (tertiary/aromatic N) is 1. The molecule has 6 heteroatoms. The summed E-state index contributed by atoms with van der Waals surface area (Å²) in [7, 11) is 0. The van der Waals surface area contributed by atoms with Crippen LogP contribution in [0.3, 0.4) is 0 Å². The molecule has 0 saturated heterocycles. The van der Waals surface area contributed by atoms with Crippen LogP contribution in [0.15, 0.2) is 66.7 Å². The van der Waals surface area contributed by atoms with E-state index in [2.05, 4.69) is 29.8 Å². The first-order chi connectivity index (χ1) is 15.5. The number of anilines is 1. The number of amides is 1. The molecule has 0 aliphatic carbocycles. The number of fused-ring (bicyclic) bond motifs is 1. The molecule has 0 radical (unpaired) electrons. The average Bonchev–Trinajstić information content (AvgIpc) is 3.03. The molecule has 0 saturated carbocycles. The zero-order valence-corrected chi connectivity index (χ0v) is 18.7. The van der Waals surface area contributed by atoms with Gasteiger partial charge in [-0.25, -0.2) is 4.39 Å². The molecule has 4 aromatic rings. The van der Waals surface area contributed by atoms with Crippen molar-refractivity contribution in [3.05, 3.63) is 89.4 Å². The van der Waals surface area contributed by atoms with Gasteiger partial charge >= 0.3 is 0 Å². The maximum absolute atomic E-state index is 13.1. The molecule has 1 N–H and O–H groups in total. The molecule has 0 fully saturated rings. The van der Waals surface area contributed by atoms with Gasteiger partial charge < -0.3 is 14.6 Å². The second-order valence-electron chi connectivity index (χ2n) is 7.67. The quantitative estimate of drug-likeness (QED) is 0.306. The fraction of sp³-hybridized carbons (Fsp3) is 0.192. The van der Waals surface area contributed by atoms with Crippen molar-refractivity contribution in [3.63, 3.8) is 0 Å². The molecule has 0 aliphatic rings. The molecule has 164 valence electrons. The molecule has 0 bridgehead atoms. The molecular formula is C26H24ClFN2O2. The van der Waals surface area contributed by atoms with Crippen LogP contribution in [0, 0.1) is 19.7 Å². The lowest BCUT2D eigenvalue weighted by atomic mass is 10.1. The van der Waals surface area contributed by atoms with Crippen molar-refractivity contribution in [3.8, 4) is 11.5 Å². The molecule has 3 aromatic carbocycles. The average molecular weight is 451 g/mol. The Bertz CT molecular complexity index is 1270. The van der Waals surface area contributed by atoms with E-state index in [1.165, 1.54) is 35.5 Å². The van der Waals surface area contributed by atoms with E-state index < -0.39 is 0 Å². The molecule has 4 nitrogen and oxygen atoms in total. The van der Waals surface area contributed by atoms with Gasteiger partial charge in [0, 0.05) is 40.3 Å². The van der Waals surface area contributed by atoms with Gasteiger partial charge in [-0.1, -0.05) is 6.07 Å². The Morgan fingerprint density at radius 3 is 2.53 bits per heavy atom. The molecule has 1 aromatic heterocycles. The van der Waals surface area contributed by atoms with Gasteiger partial charge in [0.1, 0.15) is 17.3 Å². The minimum absolute atomic E-state index is 0.291. The highest BCUT2D eigenvalue weighted by Gasteiger charge is 2.13. The van der Waals surface area contributed by atoms with Gasteiger partial charge in [-0.05, 0) is 86.5 Å². The van der Waals surface area contributed by atoms with Crippen LogP contribution in [0.1, 0.15) is 28.0 Å². The summed E-state index contributed by atoms with van der Waals surface area (Å²) in [5, 5.41) is 3.90. The molecule has 0 atom stereocenters. The van der Waals surface area contributed by atoms with Crippen LogP contribution in [-0.4, -0.2) is 16.4 Å². The second-order valence-corrected chi connectivity index (χ2v) is 8.05. The van der Waals surface area contributed by atoms with Gasteiger partial charge in [0.15, 0.2) is 0 Å². The van der Waals surface area contributed by atoms with Crippen LogP contribution >= 0.6 is 11.6 Å². The monoisotopic (exact) mass is 450 g/mol. The summed E-state index contributed by atoms with van der Waals surface area (Å²) in [6.07, 6.45) is 0.913. The summed E-state index contributed by atoms with van der Waals surface area (Å²) in [4.78, 5) is 12.6. The van der Waals surface area contributed by atoms with E-state index in [0.29, 0.717) is 28.6 Å². The molecule has 0 spiro atoms. The van der Waals surface area contributed by atoms with Crippen LogP contribution in [0.4, 0.5) is 10.1 Å². The normalized spacial score (nSPS) is 11.0. The first kappa shape index (κ1) is 21.9. The van der Waals surface area contributed by atoms with Crippen LogP contribution < -0.4 is 10.1 Å². The lowest BCUT2D eigenvalue weighted by Crippen LogP contribution is -2.11.